The van der Waals surface area contributed by atoms with Crippen LogP contribution in [-0.4, -0.2) is 142 Å². The Hall–Kier alpha value is -5.83. The standard InChI is InChI=1S/C35H53N11O10/c36-21(19-47)29(50)43-23(9-4-14-40-35(38)39)33(54)46-16-6-11-26(46)32(53)42-22(12-13-27(37)48)30(51)41-18-28(49)45-15-5-10-25(45)31(52)44-24(34(55)56)17-20-7-2-1-3-8-20/h1-3,7-8,21-26,47H,4-6,9-19,36H2,(H2,37,48)(H,41,51)(H,42,53)(H,43,50)(H,44,52)(H,55,56)(H4,38,39,40)/t21-,22-,23-,24-,25-,26-/m0/s1. The van der Waals surface area contributed by atoms with Crippen LogP contribution in [0.1, 0.15) is 56.9 Å². The molecule has 1 aromatic rings. The molecule has 21 heteroatoms. The van der Waals surface area contributed by atoms with Gasteiger partial charge in [-0.05, 0) is 50.5 Å². The van der Waals surface area contributed by atoms with Gasteiger partial charge in [-0.15, -0.1) is 0 Å². The minimum Gasteiger partial charge on any atom is -0.480 e. The fourth-order valence-electron chi connectivity index (χ4n) is 6.49. The van der Waals surface area contributed by atoms with Gasteiger partial charge in [0.05, 0.1) is 13.2 Å². The maximum Gasteiger partial charge on any atom is 0.326 e. The summed E-state index contributed by atoms with van der Waals surface area (Å²) in [6.45, 7) is -0.795. The van der Waals surface area contributed by atoms with Gasteiger partial charge in [-0.25, -0.2) is 4.79 Å². The predicted octanol–water partition coefficient (Wildman–Crippen LogP) is -4.50. The molecule has 7 amide bonds. The predicted molar refractivity (Wildman–Crippen MR) is 199 cm³/mol. The number of aliphatic hydroxyl groups excluding tert-OH is 1. The average Bonchev–Trinajstić information content (AvgIpc) is 3.87. The summed E-state index contributed by atoms with van der Waals surface area (Å²) in [5.41, 5.74) is 22.4. The number of nitrogens with zero attached hydrogens (tertiary/aromatic N) is 3. The number of aliphatic hydroxyl groups is 1. The van der Waals surface area contributed by atoms with Crippen LogP contribution in [0.5, 0.6) is 0 Å². The van der Waals surface area contributed by atoms with Crippen molar-refractivity contribution in [1.82, 2.24) is 31.1 Å². The molecule has 1 aromatic carbocycles. The average molecular weight is 788 g/mol. The molecule has 0 radical (unpaired) electrons. The molecule has 56 heavy (non-hydrogen) atoms. The summed E-state index contributed by atoms with van der Waals surface area (Å²) in [4.78, 5) is 110. The van der Waals surface area contributed by atoms with E-state index in [1.165, 1.54) is 9.80 Å². The highest BCUT2D eigenvalue weighted by molar-refractivity contribution is 5.97. The van der Waals surface area contributed by atoms with Gasteiger partial charge in [0.2, 0.25) is 41.4 Å². The normalized spacial score (nSPS) is 18.5. The van der Waals surface area contributed by atoms with Gasteiger partial charge < -0.3 is 64.2 Å². The maximum absolute atomic E-state index is 13.7. The van der Waals surface area contributed by atoms with Crippen LogP contribution in [0.4, 0.5) is 0 Å². The monoisotopic (exact) mass is 787 g/mol. The highest BCUT2D eigenvalue weighted by Gasteiger charge is 2.40. The Bertz CT molecular complexity index is 1610. The summed E-state index contributed by atoms with van der Waals surface area (Å²) in [5.74, 6) is -6.43. The number of rotatable bonds is 21. The van der Waals surface area contributed by atoms with E-state index in [1.807, 2.05) is 0 Å². The number of carbonyl (C=O) groups is 8. The first kappa shape index (κ1) is 44.6. The number of aliphatic carboxylic acids is 1. The Morgan fingerprint density at radius 1 is 0.804 bits per heavy atom. The van der Waals surface area contributed by atoms with Crippen molar-refractivity contribution in [2.24, 2.45) is 27.9 Å². The molecule has 308 valence electrons. The molecule has 0 unspecified atom stereocenters. The largest absolute Gasteiger partial charge is 0.480 e. The summed E-state index contributed by atoms with van der Waals surface area (Å²) in [7, 11) is 0. The summed E-state index contributed by atoms with van der Waals surface area (Å²) in [5, 5.41) is 29.1. The van der Waals surface area contributed by atoms with Gasteiger partial charge in [-0.3, -0.25) is 38.6 Å². The van der Waals surface area contributed by atoms with Crippen LogP contribution in [0, 0.1) is 0 Å². The van der Waals surface area contributed by atoms with E-state index in [2.05, 4.69) is 26.3 Å². The van der Waals surface area contributed by atoms with Gasteiger partial charge in [0.25, 0.3) is 0 Å². The van der Waals surface area contributed by atoms with Crippen LogP contribution in [-0.2, 0) is 44.8 Å². The lowest BCUT2D eigenvalue weighted by Crippen LogP contribution is -2.58. The third-order valence-electron chi connectivity index (χ3n) is 9.43. The van der Waals surface area contributed by atoms with E-state index in [9.17, 15) is 48.6 Å². The number of primary amides is 1. The summed E-state index contributed by atoms with van der Waals surface area (Å²) in [6.07, 6.45) is 1.15. The first-order valence-corrected chi connectivity index (χ1v) is 18.4. The number of carboxylic acid groups (broad SMARTS) is 1. The number of carbonyl (C=O) groups excluding carboxylic acids is 7. The minimum atomic E-state index is -1.36. The molecule has 0 aromatic heterocycles. The van der Waals surface area contributed by atoms with Crippen LogP contribution in [0.3, 0.4) is 0 Å². The molecule has 0 bridgehead atoms. The summed E-state index contributed by atoms with van der Waals surface area (Å²) < 4.78 is 0. The first-order chi connectivity index (χ1) is 26.6. The highest BCUT2D eigenvalue weighted by Crippen LogP contribution is 2.21. The smallest absolute Gasteiger partial charge is 0.326 e. The Morgan fingerprint density at radius 2 is 1.41 bits per heavy atom. The number of likely N-dealkylation sites (tertiary alicyclic amines) is 2. The van der Waals surface area contributed by atoms with Crippen molar-refractivity contribution in [1.29, 1.82) is 0 Å². The third kappa shape index (κ3) is 13.5. The number of hydrogen-bond acceptors (Lipinski definition) is 11. The Balaban J connectivity index is 1.66. The van der Waals surface area contributed by atoms with Crippen molar-refractivity contribution >= 4 is 53.3 Å². The van der Waals surface area contributed by atoms with E-state index in [0.717, 1.165) is 0 Å². The molecule has 0 saturated carbocycles. The molecule has 2 saturated heterocycles. The molecule has 21 nitrogen and oxygen atoms in total. The number of hydrogen-bond donors (Lipinski definition) is 10. The number of amides is 7. The molecule has 2 heterocycles. The SMILES string of the molecule is NC(=O)CC[C@H](NC(=O)[C@@H]1CCCN1C(=O)[C@H](CCCN=C(N)N)NC(=O)[C@@H](N)CO)C(=O)NCC(=O)N1CCC[C@H]1C(=O)N[C@@H](Cc1ccccc1)C(=O)O. The highest BCUT2D eigenvalue weighted by atomic mass is 16.4. The zero-order chi connectivity index (χ0) is 41.4. The molecule has 2 fully saturated rings. The van der Waals surface area contributed by atoms with Crippen molar-refractivity contribution in [3.63, 3.8) is 0 Å². The van der Waals surface area contributed by atoms with E-state index in [0.29, 0.717) is 18.4 Å². The summed E-state index contributed by atoms with van der Waals surface area (Å²) >= 11 is 0. The fourth-order valence-corrected chi connectivity index (χ4v) is 6.49. The second-order valence-electron chi connectivity index (χ2n) is 13.6. The number of nitrogens with two attached hydrogens (primary N) is 4. The van der Waals surface area contributed by atoms with Crippen molar-refractivity contribution in [3.05, 3.63) is 35.9 Å². The van der Waals surface area contributed by atoms with Crippen molar-refractivity contribution in [3.8, 4) is 0 Å². The molecular formula is C35H53N11O10. The molecular weight excluding hydrogens is 734 g/mol. The van der Waals surface area contributed by atoms with Gasteiger partial charge in [-0.2, -0.15) is 0 Å². The summed E-state index contributed by atoms with van der Waals surface area (Å²) in [6, 6.07) is 1.62. The minimum absolute atomic E-state index is 0.0288. The second kappa shape index (κ2) is 21.9. The zero-order valence-corrected chi connectivity index (χ0v) is 31.1. The van der Waals surface area contributed by atoms with Crippen LogP contribution in [0.2, 0.25) is 0 Å². The lowest BCUT2D eigenvalue weighted by Gasteiger charge is -2.30. The number of aliphatic imine (C=N–C) groups is 1. The molecule has 3 rings (SSSR count). The lowest BCUT2D eigenvalue weighted by molar-refractivity contribution is -0.144. The topological polar surface area (TPSA) is 348 Å². The second-order valence-corrected chi connectivity index (χ2v) is 13.6. The van der Waals surface area contributed by atoms with Gasteiger partial charge in [-0.1, -0.05) is 30.3 Å². The Morgan fingerprint density at radius 3 is 2.00 bits per heavy atom. The fraction of sp³-hybridized carbons (Fsp3) is 0.571. The van der Waals surface area contributed by atoms with E-state index in [4.69, 9.17) is 22.9 Å². The van der Waals surface area contributed by atoms with Crippen LogP contribution in [0.25, 0.3) is 0 Å². The molecule has 0 spiro atoms. The zero-order valence-electron chi connectivity index (χ0n) is 31.1. The number of guanidine groups is 1. The van der Waals surface area contributed by atoms with Gasteiger partial charge >= 0.3 is 5.97 Å². The van der Waals surface area contributed by atoms with Crippen molar-refractivity contribution in [2.45, 2.75) is 94.0 Å². The van der Waals surface area contributed by atoms with Gasteiger partial charge in [0.15, 0.2) is 5.96 Å². The number of nitrogens with one attached hydrogen (secondary N) is 4. The quantitative estimate of drug-likeness (QED) is 0.0320. The molecule has 6 atom stereocenters. The number of carboxylic acids is 1. The Kier molecular flexibility index (Phi) is 17.4. The van der Waals surface area contributed by atoms with Gasteiger partial charge in [0.1, 0.15) is 36.3 Å². The van der Waals surface area contributed by atoms with Gasteiger partial charge in [0, 0.05) is 32.5 Å². The van der Waals surface area contributed by atoms with E-state index >= 15 is 0 Å². The van der Waals surface area contributed by atoms with Crippen molar-refractivity contribution in [2.75, 3.05) is 32.8 Å². The van der Waals surface area contributed by atoms with E-state index in [-0.39, 0.29) is 70.5 Å². The van der Waals surface area contributed by atoms with Crippen LogP contribution < -0.4 is 44.2 Å². The van der Waals surface area contributed by atoms with E-state index < -0.39 is 96.7 Å². The third-order valence-corrected chi connectivity index (χ3v) is 9.43. The van der Waals surface area contributed by atoms with Crippen LogP contribution >= 0.6 is 0 Å². The Labute approximate surface area is 323 Å². The van der Waals surface area contributed by atoms with Crippen LogP contribution in [0.15, 0.2) is 35.3 Å². The lowest BCUT2D eigenvalue weighted by atomic mass is 10.1. The number of benzene rings is 1. The van der Waals surface area contributed by atoms with Crippen molar-refractivity contribution < 1.29 is 48.6 Å². The maximum atomic E-state index is 13.7. The first-order valence-electron chi connectivity index (χ1n) is 18.4. The molecule has 14 N–H and O–H groups in total. The molecule has 2 aliphatic heterocycles. The molecule has 2 aliphatic rings. The van der Waals surface area contributed by atoms with E-state index in [1.54, 1.807) is 30.3 Å². The molecule has 0 aliphatic carbocycles.